The summed E-state index contributed by atoms with van der Waals surface area (Å²) in [6, 6.07) is 13.2. The van der Waals surface area contributed by atoms with E-state index in [0.717, 1.165) is 43.6 Å². The van der Waals surface area contributed by atoms with E-state index >= 15 is 0 Å². The Morgan fingerprint density at radius 3 is 2.32 bits per heavy atom. The number of rotatable bonds is 6. The van der Waals surface area contributed by atoms with Crippen LogP contribution in [-0.4, -0.2) is 50.5 Å². The second kappa shape index (κ2) is 8.59. The standard InChI is InChI=1S/C21H28N4O2S/c26-28(27,20-8-2-1-3-9-20)23-17-18-10-11-21(22-16-18)25-14-12-24(13-15-25)19-6-4-5-7-19/h1-3,8-11,16,19,23H,4-7,12-15,17H2. The fraction of sp³-hybridized carbons (Fsp3) is 0.476. The van der Waals surface area contributed by atoms with Crippen molar-refractivity contribution in [2.24, 2.45) is 0 Å². The summed E-state index contributed by atoms with van der Waals surface area (Å²) >= 11 is 0. The Balaban J connectivity index is 1.31. The first-order valence-electron chi connectivity index (χ1n) is 10.1. The molecule has 6 nitrogen and oxygen atoms in total. The van der Waals surface area contributed by atoms with Gasteiger partial charge in [0, 0.05) is 45.0 Å². The lowest BCUT2D eigenvalue weighted by atomic mass is 10.2. The van der Waals surface area contributed by atoms with Crippen molar-refractivity contribution in [2.45, 2.75) is 43.2 Å². The van der Waals surface area contributed by atoms with Gasteiger partial charge in [0.05, 0.1) is 4.90 Å². The van der Waals surface area contributed by atoms with Gasteiger partial charge < -0.3 is 4.90 Å². The number of hydrogen-bond acceptors (Lipinski definition) is 5. The molecule has 2 fully saturated rings. The van der Waals surface area contributed by atoms with Crippen LogP contribution >= 0.6 is 0 Å². The van der Waals surface area contributed by atoms with E-state index in [-0.39, 0.29) is 11.4 Å². The third-order valence-electron chi connectivity index (χ3n) is 5.81. The van der Waals surface area contributed by atoms with Gasteiger partial charge in [0.15, 0.2) is 0 Å². The van der Waals surface area contributed by atoms with Crippen LogP contribution in [0.3, 0.4) is 0 Å². The Hall–Kier alpha value is -1.96. The van der Waals surface area contributed by atoms with Gasteiger partial charge >= 0.3 is 0 Å². The summed E-state index contributed by atoms with van der Waals surface area (Å²) in [5, 5.41) is 0. The van der Waals surface area contributed by atoms with Crippen LogP contribution in [0.25, 0.3) is 0 Å². The first kappa shape index (κ1) is 19.4. The van der Waals surface area contributed by atoms with Gasteiger partial charge in [-0.3, -0.25) is 4.90 Å². The highest BCUT2D eigenvalue weighted by atomic mass is 32.2. The van der Waals surface area contributed by atoms with E-state index < -0.39 is 10.0 Å². The molecule has 1 N–H and O–H groups in total. The molecule has 28 heavy (non-hydrogen) atoms. The number of pyridine rings is 1. The molecule has 1 aromatic heterocycles. The Morgan fingerprint density at radius 1 is 0.964 bits per heavy atom. The second-order valence-corrected chi connectivity index (χ2v) is 9.39. The molecular formula is C21H28N4O2S. The van der Waals surface area contributed by atoms with Crippen LogP contribution in [0.5, 0.6) is 0 Å². The van der Waals surface area contributed by atoms with Crippen molar-refractivity contribution in [2.75, 3.05) is 31.1 Å². The summed E-state index contributed by atoms with van der Waals surface area (Å²) < 4.78 is 27.3. The number of hydrogen-bond donors (Lipinski definition) is 1. The van der Waals surface area contributed by atoms with Gasteiger partial charge in [0.25, 0.3) is 0 Å². The quantitative estimate of drug-likeness (QED) is 0.808. The SMILES string of the molecule is O=S(=O)(NCc1ccc(N2CCN(C3CCCC3)CC2)nc1)c1ccccc1. The average Bonchev–Trinajstić information content (AvgIpc) is 3.29. The first-order chi connectivity index (χ1) is 13.6. The van der Waals surface area contributed by atoms with Crippen LogP contribution in [0.2, 0.25) is 0 Å². The van der Waals surface area contributed by atoms with Crippen molar-refractivity contribution in [3.63, 3.8) is 0 Å². The highest BCUT2D eigenvalue weighted by Crippen LogP contribution is 2.25. The summed E-state index contributed by atoms with van der Waals surface area (Å²) in [4.78, 5) is 9.81. The van der Waals surface area contributed by atoms with Crippen LogP contribution in [-0.2, 0) is 16.6 Å². The molecule has 1 saturated heterocycles. The van der Waals surface area contributed by atoms with Crippen LogP contribution in [0, 0.1) is 0 Å². The molecule has 1 aliphatic carbocycles. The highest BCUT2D eigenvalue weighted by Gasteiger charge is 2.26. The molecule has 7 heteroatoms. The van der Waals surface area contributed by atoms with Crippen LogP contribution < -0.4 is 9.62 Å². The molecule has 1 aliphatic heterocycles. The lowest BCUT2D eigenvalue weighted by molar-refractivity contribution is 0.187. The molecule has 1 aromatic carbocycles. The van der Waals surface area contributed by atoms with Crippen molar-refractivity contribution >= 4 is 15.8 Å². The molecule has 0 amide bonds. The number of sulfonamides is 1. The molecule has 0 atom stereocenters. The topological polar surface area (TPSA) is 65.5 Å². The Labute approximate surface area is 167 Å². The molecule has 0 bridgehead atoms. The Morgan fingerprint density at radius 2 is 1.68 bits per heavy atom. The smallest absolute Gasteiger partial charge is 0.240 e. The van der Waals surface area contributed by atoms with E-state index in [1.807, 2.05) is 12.1 Å². The maximum atomic E-state index is 12.3. The number of nitrogens with zero attached hydrogens (tertiary/aromatic N) is 3. The summed E-state index contributed by atoms with van der Waals surface area (Å²) in [5.74, 6) is 0.973. The molecular weight excluding hydrogens is 372 g/mol. The lowest BCUT2D eigenvalue weighted by Gasteiger charge is -2.38. The summed E-state index contributed by atoms with van der Waals surface area (Å²) in [6.45, 7) is 4.45. The molecule has 0 radical (unpaired) electrons. The van der Waals surface area contributed by atoms with E-state index in [0.29, 0.717) is 0 Å². The number of anilines is 1. The maximum absolute atomic E-state index is 12.3. The molecule has 150 valence electrons. The zero-order chi connectivity index (χ0) is 19.4. The number of piperazine rings is 1. The second-order valence-electron chi connectivity index (χ2n) is 7.62. The zero-order valence-electron chi connectivity index (χ0n) is 16.1. The van der Waals surface area contributed by atoms with Gasteiger partial charge in [0.1, 0.15) is 5.82 Å². The minimum Gasteiger partial charge on any atom is -0.354 e. The van der Waals surface area contributed by atoms with Gasteiger partial charge in [-0.2, -0.15) is 0 Å². The monoisotopic (exact) mass is 400 g/mol. The predicted molar refractivity (Wildman–Crippen MR) is 111 cm³/mol. The zero-order valence-corrected chi connectivity index (χ0v) is 16.9. The van der Waals surface area contributed by atoms with E-state index in [1.54, 1.807) is 36.5 Å². The number of nitrogens with one attached hydrogen (secondary N) is 1. The van der Waals surface area contributed by atoms with Crippen LogP contribution in [0.1, 0.15) is 31.2 Å². The minimum absolute atomic E-state index is 0.236. The molecule has 0 unspecified atom stereocenters. The normalized spacial score (nSPS) is 19.2. The van der Waals surface area contributed by atoms with E-state index in [4.69, 9.17) is 0 Å². The van der Waals surface area contributed by atoms with Gasteiger partial charge in [-0.25, -0.2) is 18.1 Å². The lowest BCUT2D eigenvalue weighted by Crippen LogP contribution is -2.50. The fourth-order valence-electron chi connectivity index (χ4n) is 4.16. The van der Waals surface area contributed by atoms with Crippen molar-refractivity contribution < 1.29 is 8.42 Å². The molecule has 0 spiro atoms. The predicted octanol–water partition coefficient (Wildman–Crippen LogP) is 2.62. The van der Waals surface area contributed by atoms with E-state index in [2.05, 4.69) is 19.5 Å². The highest BCUT2D eigenvalue weighted by molar-refractivity contribution is 7.89. The van der Waals surface area contributed by atoms with Gasteiger partial charge in [-0.1, -0.05) is 37.1 Å². The molecule has 4 rings (SSSR count). The third kappa shape index (κ3) is 4.54. The largest absolute Gasteiger partial charge is 0.354 e. The number of benzene rings is 1. The fourth-order valence-corrected chi connectivity index (χ4v) is 5.19. The van der Waals surface area contributed by atoms with Crippen molar-refractivity contribution in [1.29, 1.82) is 0 Å². The Kier molecular flexibility index (Phi) is 5.94. The Bertz CT molecular complexity index is 857. The van der Waals surface area contributed by atoms with Gasteiger partial charge in [-0.05, 0) is 36.6 Å². The van der Waals surface area contributed by atoms with Crippen LogP contribution in [0.4, 0.5) is 5.82 Å². The van der Waals surface area contributed by atoms with E-state index in [9.17, 15) is 8.42 Å². The number of aromatic nitrogens is 1. The third-order valence-corrected chi connectivity index (χ3v) is 7.23. The average molecular weight is 401 g/mol. The van der Waals surface area contributed by atoms with Crippen molar-refractivity contribution in [3.05, 3.63) is 54.2 Å². The first-order valence-corrected chi connectivity index (χ1v) is 11.6. The molecule has 2 heterocycles. The van der Waals surface area contributed by atoms with Crippen molar-refractivity contribution in [3.8, 4) is 0 Å². The van der Waals surface area contributed by atoms with E-state index in [1.165, 1.54) is 25.7 Å². The van der Waals surface area contributed by atoms with Gasteiger partial charge in [-0.15, -0.1) is 0 Å². The molecule has 1 saturated carbocycles. The summed E-state index contributed by atoms with van der Waals surface area (Å²) in [5.41, 5.74) is 0.854. The summed E-state index contributed by atoms with van der Waals surface area (Å²) in [6.07, 6.45) is 7.23. The van der Waals surface area contributed by atoms with Crippen LogP contribution in [0.15, 0.2) is 53.6 Å². The summed E-state index contributed by atoms with van der Waals surface area (Å²) in [7, 11) is -3.50. The maximum Gasteiger partial charge on any atom is 0.240 e. The minimum atomic E-state index is -3.50. The molecule has 2 aliphatic rings. The molecule has 2 aromatic rings. The van der Waals surface area contributed by atoms with Gasteiger partial charge in [0.2, 0.25) is 10.0 Å². The van der Waals surface area contributed by atoms with Crippen molar-refractivity contribution in [1.82, 2.24) is 14.6 Å².